The van der Waals surface area contributed by atoms with E-state index < -0.39 is 0 Å². The van der Waals surface area contributed by atoms with Crippen LogP contribution < -0.4 is 10.1 Å². The van der Waals surface area contributed by atoms with Crippen molar-refractivity contribution in [2.75, 3.05) is 13.7 Å². The van der Waals surface area contributed by atoms with E-state index in [1.54, 1.807) is 14.0 Å². The van der Waals surface area contributed by atoms with Gasteiger partial charge in [-0.25, -0.2) is 0 Å². The van der Waals surface area contributed by atoms with Crippen LogP contribution in [0.15, 0.2) is 6.07 Å². The van der Waals surface area contributed by atoms with E-state index in [0.717, 1.165) is 27.5 Å². The molecule has 0 spiro atoms. The van der Waals surface area contributed by atoms with E-state index in [1.807, 2.05) is 19.9 Å². The fraction of sp³-hybridized carbons (Fsp3) is 0.500. The highest BCUT2D eigenvalue weighted by Crippen LogP contribution is 2.31. The van der Waals surface area contributed by atoms with Gasteiger partial charge >= 0.3 is 0 Å². The van der Waals surface area contributed by atoms with Gasteiger partial charge in [-0.3, -0.25) is 4.79 Å². The van der Waals surface area contributed by atoms with Gasteiger partial charge in [-0.05, 0) is 38.0 Å². The summed E-state index contributed by atoms with van der Waals surface area (Å²) in [6, 6.07) is 1.94. The number of nitrogens with one attached hydrogen (secondary N) is 1. The fourth-order valence-corrected chi connectivity index (χ4v) is 2.01. The normalized spacial score (nSPS) is 10.5. The number of halogens is 1. The van der Waals surface area contributed by atoms with Crippen molar-refractivity contribution in [3.05, 3.63) is 27.8 Å². The first kappa shape index (κ1) is 15.0. The van der Waals surface area contributed by atoms with Gasteiger partial charge in [0.25, 0.3) is 0 Å². The molecule has 0 radical (unpaired) electrons. The summed E-state index contributed by atoms with van der Waals surface area (Å²) in [6.45, 7) is 6.87. The molecule has 0 bridgehead atoms. The Morgan fingerprint density at radius 1 is 1.44 bits per heavy atom. The Kier molecular flexibility index (Phi) is 5.63. The maximum atomic E-state index is 10.9. The average Bonchev–Trinajstić information content (AvgIpc) is 2.33. The number of hydrogen-bond donors (Lipinski definition) is 1. The minimum atomic E-state index is 0.188. The van der Waals surface area contributed by atoms with Crippen LogP contribution in [0.4, 0.5) is 0 Å². The van der Waals surface area contributed by atoms with Crippen LogP contribution in [0.1, 0.15) is 30.0 Å². The number of ketones is 1. The zero-order chi connectivity index (χ0) is 13.7. The van der Waals surface area contributed by atoms with Gasteiger partial charge in [0.2, 0.25) is 0 Å². The molecule has 0 aliphatic rings. The van der Waals surface area contributed by atoms with Gasteiger partial charge in [0.05, 0.1) is 7.11 Å². The summed E-state index contributed by atoms with van der Waals surface area (Å²) in [5.74, 6) is 1.03. The van der Waals surface area contributed by atoms with Crippen LogP contribution in [0.2, 0.25) is 5.02 Å². The van der Waals surface area contributed by atoms with Crippen molar-refractivity contribution in [2.24, 2.45) is 0 Å². The molecule has 1 N–H and O–H groups in total. The largest absolute Gasteiger partial charge is 0.496 e. The Morgan fingerprint density at radius 3 is 2.67 bits per heavy atom. The minimum Gasteiger partial charge on any atom is -0.496 e. The first-order chi connectivity index (χ1) is 8.47. The van der Waals surface area contributed by atoms with Crippen LogP contribution in [0, 0.1) is 13.8 Å². The van der Waals surface area contributed by atoms with Gasteiger partial charge in [-0.2, -0.15) is 0 Å². The number of rotatable bonds is 6. The summed E-state index contributed by atoms with van der Waals surface area (Å²) in [4.78, 5) is 10.9. The number of ether oxygens (including phenoxy) is 1. The van der Waals surface area contributed by atoms with Gasteiger partial charge in [0.15, 0.2) is 0 Å². The van der Waals surface area contributed by atoms with Crippen LogP contribution in [0.3, 0.4) is 0 Å². The summed E-state index contributed by atoms with van der Waals surface area (Å²) in [5.41, 5.74) is 3.10. The Labute approximate surface area is 113 Å². The first-order valence-electron chi connectivity index (χ1n) is 6.00. The number of aryl methyl sites for hydroxylation is 1. The lowest BCUT2D eigenvalue weighted by molar-refractivity contribution is -0.116. The van der Waals surface area contributed by atoms with Crippen molar-refractivity contribution in [1.82, 2.24) is 5.32 Å². The molecule has 0 heterocycles. The number of Topliss-reactive ketones (excluding diaryl/α,β-unsaturated/α-hetero) is 1. The smallest absolute Gasteiger partial charge is 0.131 e. The molecule has 0 atom stereocenters. The van der Waals surface area contributed by atoms with Crippen molar-refractivity contribution < 1.29 is 9.53 Å². The molecule has 0 amide bonds. The summed E-state index contributed by atoms with van der Waals surface area (Å²) < 4.78 is 5.37. The third kappa shape index (κ3) is 3.72. The first-order valence-corrected chi connectivity index (χ1v) is 6.38. The summed E-state index contributed by atoms with van der Waals surface area (Å²) in [7, 11) is 1.65. The van der Waals surface area contributed by atoms with Crippen LogP contribution in [0.5, 0.6) is 5.75 Å². The minimum absolute atomic E-state index is 0.188. The lowest BCUT2D eigenvalue weighted by atomic mass is 10.0. The van der Waals surface area contributed by atoms with Crippen LogP contribution in [-0.4, -0.2) is 19.4 Å². The highest BCUT2D eigenvalue weighted by atomic mass is 35.5. The van der Waals surface area contributed by atoms with E-state index in [9.17, 15) is 4.79 Å². The van der Waals surface area contributed by atoms with Gasteiger partial charge in [0, 0.05) is 30.1 Å². The maximum absolute atomic E-state index is 10.9. The zero-order valence-electron chi connectivity index (χ0n) is 11.4. The molecule has 4 heteroatoms. The predicted octanol–water partition coefficient (Wildman–Crippen LogP) is 3.03. The van der Waals surface area contributed by atoms with Crippen LogP contribution in [0.25, 0.3) is 0 Å². The number of methoxy groups -OCH3 is 1. The van der Waals surface area contributed by atoms with Gasteiger partial charge in [-0.15, -0.1) is 0 Å². The van der Waals surface area contributed by atoms with Crippen molar-refractivity contribution >= 4 is 17.4 Å². The van der Waals surface area contributed by atoms with Crippen molar-refractivity contribution in [2.45, 2.75) is 33.7 Å². The Balaban J connectivity index is 2.80. The number of hydrogen-bond acceptors (Lipinski definition) is 3. The summed E-state index contributed by atoms with van der Waals surface area (Å²) in [5, 5.41) is 4.01. The molecular formula is C14H20ClNO2. The SMILES string of the molecule is COc1cc(C)c(Cl)c(C)c1CNCCC(C)=O. The lowest BCUT2D eigenvalue weighted by Gasteiger charge is -2.15. The molecule has 0 aromatic heterocycles. The highest BCUT2D eigenvalue weighted by molar-refractivity contribution is 6.32. The molecular weight excluding hydrogens is 250 g/mol. The van der Waals surface area contributed by atoms with E-state index in [-0.39, 0.29) is 5.78 Å². The monoisotopic (exact) mass is 269 g/mol. The lowest BCUT2D eigenvalue weighted by Crippen LogP contribution is -2.18. The van der Waals surface area contributed by atoms with E-state index in [4.69, 9.17) is 16.3 Å². The molecule has 0 fully saturated rings. The van der Waals surface area contributed by atoms with Gasteiger partial charge in [-0.1, -0.05) is 11.6 Å². The Bertz CT molecular complexity index is 444. The molecule has 1 aromatic rings. The molecule has 18 heavy (non-hydrogen) atoms. The summed E-state index contributed by atoms with van der Waals surface area (Å²) in [6.07, 6.45) is 0.543. The molecule has 0 saturated heterocycles. The van der Waals surface area contributed by atoms with Crippen LogP contribution in [-0.2, 0) is 11.3 Å². The van der Waals surface area contributed by atoms with Gasteiger partial charge in [0.1, 0.15) is 11.5 Å². The standard InChI is InChI=1S/C14H20ClNO2/c1-9-7-13(18-4)12(11(3)14(9)15)8-16-6-5-10(2)17/h7,16H,5-6,8H2,1-4H3. The quantitative estimate of drug-likeness (QED) is 0.807. The number of carbonyl (C=O) groups is 1. The fourth-order valence-electron chi connectivity index (χ4n) is 1.84. The topological polar surface area (TPSA) is 38.3 Å². The predicted molar refractivity (Wildman–Crippen MR) is 74.5 cm³/mol. The second-order valence-electron chi connectivity index (χ2n) is 4.44. The van der Waals surface area contributed by atoms with Crippen molar-refractivity contribution in [1.29, 1.82) is 0 Å². The summed E-state index contributed by atoms with van der Waals surface area (Å²) >= 11 is 6.24. The highest BCUT2D eigenvalue weighted by Gasteiger charge is 2.12. The van der Waals surface area contributed by atoms with Crippen molar-refractivity contribution in [3.63, 3.8) is 0 Å². The third-order valence-corrected chi connectivity index (χ3v) is 3.53. The van der Waals surface area contributed by atoms with E-state index >= 15 is 0 Å². The van der Waals surface area contributed by atoms with E-state index in [1.165, 1.54) is 0 Å². The maximum Gasteiger partial charge on any atom is 0.131 e. The average molecular weight is 270 g/mol. The molecule has 0 aliphatic carbocycles. The van der Waals surface area contributed by atoms with E-state index in [2.05, 4.69) is 5.32 Å². The molecule has 0 aliphatic heterocycles. The number of benzene rings is 1. The molecule has 1 rings (SSSR count). The molecule has 0 saturated carbocycles. The molecule has 3 nitrogen and oxygen atoms in total. The second-order valence-corrected chi connectivity index (χ2v) is 4.82. The van der Waals surface area contributed by atoms with Gasteiger partial charge < -0.3 is 10.1 Å². The molecule has 1 aromatic carbocycles. The number of carbonyl (C=O) groups excluding carboxylic acids is 1. The molecule has 0 unspecified atom stereocenters. The van der Waals surface area contributed by atoms with Crippen LogP contribution >= 0.6 is 11.6 Å². The zero-order valence-corrected chi connectivity index (χ0v) is 12.1. The Morgan fingerprint density at radius 2 is 2.11 bits per heavy atom. The van der Waals surface area contributed by atoms with Crippen molar-refractivity contribution in [3.8, 4) is 5.75 Å². The second kappa shape index (κ2) is 6.76. The Hall–Kier alpha value is -1.06. The third-order valence-electron chi connectivity index (χ3n) is 2.95. The molecule has 100 valence electrons. The van der Waals surface area contributed by atoms with E-state index in [0.29, 0.717) is 19.5 Å².